The summed E-state index contributed by atoms with van der Waals surface area (Å²) in [6.07, 6.45) is 4.62. The van der Waals surface area contributed by atoms with Gasteiger partial charge in [0.2, 0.25) is 0 Å². The van der Waals surface area contributed by atoms with Crippen molar-refractivity contribution >= 4 is 28.1 Å². The second-order valence-corrected chi connectivity index (χ2v) is 6.68. The summed E-state index contributed by atoms with van der Waals surface area (Å²) in [5.74, 6) is 0.882. The average Bonchev–Trinajstić information content (AvgIpc) is 2.74. The second-order valence-electron chi connectivity index (χ2n) is 5.77. The first-order valence-electron chi connectivity index (χ1n) is 8.44. The van der Waals surface area contributed by atoms with E-state index < -0.39 is 0 Å². The van der Waals surface area contributed by atoms with Crippen LogP contribution in [0.25, 0.3) is 0 Å². The Labute approximate surface area is 171 Å². The lowest BCUT2D eigenvalue weighted by Gasteiger charge is -2.11. The Hall–Kier alpha value is -3.19. The number of amides is 1. The summed E-state index contributed by atoms with van der Waals surface area (Å²) >= 11 is 3.41. The van der Waals surface area contributed by atoms with Gasteiger partial charge < -0.3 is 9.47 Å². The first kappa shape index (κ1) is 19.6. The number of ether oxygens (including phenoxy) is 2. The molecule has 0 aliphatic rings. The number of nitrogens with zero attached hydrogens (tertiary/aromatic N) is 2. The minimum Gasteiger partial charge on any atom is -0.493 e. The lowest BCUT2D eigenvalue weighted by Crippen LogP contribution is -2.17. The molecule has 1 heterocycles. The number of hydrogen-bond acceptors (Lipinski definition) is 5. The number of carbonyl (C=O) groups is 1. The van der Waals surface area contributed by atoms with E-state index in [0.29, 0.717) is 23.7 Å². The molecular weight excluding hydrogens is 422 g/mol. The van der Waals surface area contributed by atoms with Gasteiger partial charge in [0.1, 0.15) is 6.61 Å². The molecule has 0 aliphatic carbocycles. The summed E-state index contributed by atoms with van der Waals surface area (Å²) in [7, 11) is 1.58. The summed E-state index contributed by atoms with van der Waals surface area (Å²) in [6.45, 7) is 0.429. The fourth-order valence-corrected chi connectivity index (χ4v) is 2.62. The Morgan fingerprint density at radius 3 is 2.71 bits per heavy atom. The van der Waals surface area contributed by atoms with Crippen molar-refractivity contribution in [3.8, 4) is 11.5 Å². The number of hydrazone groups is 1. The molecule has 142 valence electrons. The van der Waals surface area contributed by atoms with Crippen LogP contribution in [0, 0.1) is 0 Å². The van der Waals surface area contributed by atoms with Crippen LogP contribution in [0.5, 0.6) is 11.5 Å². The van der Waals surface area contributed by atoms with Gasteiger partial charge in [-0.3, -0.25) is 9.78 Å². The van der Waals surface area contributed by atoms with E-state index in [1.165, 1.54) is 12.4 Å². The SMILES string of the molecule is COc1cc(C=NNC(=O)c2cccnc2)ccc1OCc1ccc(Br)cc1. The molecule has 0 bridgehead atoms. The van der Waals surface area contributed by atoms with Crippen molar-refractivity contribution < 1.29 is 14.3 Å². The fourth-order valence-electron chi connectivity index (χ4n) is 2.35. The van der Waals surface area contributed by atoms with Crippen LogP contribution in [0.1, 0.15) is 21.5 Å². The van der Waals surface area contributed by atoms with E-state index in [0.717, 1.165) is 15.6 Å². The van der Waals surface area contributed by atoms with Gasteiger partial charge in [-0.1, -0.05) is 28.1 Å². The first-order chi connectivity index (χ1) is 13.7. The van der Waals surface area contributed by atoms with Gasteiger partial charge in [0.05, 0.1) is 18.9 Å². The minimum absolute atomic E-state index is 0.328. The van der Waals surface area contributed by atoms with Crippen molar-refractivity contribution in [1.82, 2.24) is 10.4 Å². The molecule has 3 aromatic rings. The number of nitrogens with one attached hydrogen (secondary N) is 1. The Balaban J connectivity index is 1.62. The molecular formula is C21H18BrN3O3. The number of pyridine rings is 1. The summed E-state index contributed by atoms with van der Waals surface area (Å²) in [6, 6.07) is 16.7. The van der Waals surface area contributed by atoms with E-state index in [1.54, 1.807) is 31.5 Å². The zero-order valence-corrected chi connectivity index (χ0v) is 16.7. The van der Waals surface area contributed by atoms with Crippen LogP contribution in [0.2, 0.25) is 0 Å². The molecule has 0 saturated heterocycles. The quantitative estimate of drug-likeness (QED) is 0.442. The third-order valence-electron chi connectivity index (χ3n) is 3.80. The first-order valence-corrected chi connectivity index (χ1v) is 9.24. The lowest BCUT2D eigenvalue weighted by molar-refractivity contribution is 0.0955. The third kappa shape index (κ3) is 5.40. The molecule has 7 heteroatoms. The smallest absolute Gasteiger partial charge is 0.272 e. The number of halogens is 1. The van der Waals surface area contributed by atoms with E-state index in [4.69, 9.17) is 9.47 Å². The van der Waals surface area contributed by atoms with Gasteiger partial charge in [-0.15, -0.1) is 0 Å². The third-order valence-corrected chi connectivity index (χ3v) is 4.33. The van der Waals surface area contributed by atoms with Crippen LogP contribution >= 0.6 is 15.9 Å². The molecule has 0 fully saturated rings. The van der Waals surface area contributed by atoms with Crippen LogP contribution < -0.4 is 14.9 Å². The van der Waals surface area contributed by atoms with Gasteiger partial charge in [0.15, 0.2) is 11.5 Å². The van der Waals surface area contributed by atoms with Crippen LogP contribution in [0.3, 0.4) is 0 Å². The summed E-state index contributed by atoms with van der Waals surface area (Å²) in [5.41, 5.74) is 4.72. The largest absolute Gasteiger partial charge is 0.493 e. The maximum atomic E-state index is 11.9. The Morgan fingerprint density at radius 1 is 1.18 bits per heavy atom. The van der Waals surface area contributed by atoms with Crippen LogP contribution in [-0.2, 0) is 6.61 Å². The van der Waals surface area contributed by atoms with Crippen molar-refractivity contribution in [2.75, 3.05) is 7.11 Å². The zero-order valence-electron chi connectivity index (χ0n) is 15.1. The standard InChI is InChI=1S/C21H18BrN3O3/c1-27-20-11-16(12-24-25-21(26)17-3-2-10-23-13-17)6-9-19(20)28-14-15-4-7-18(22)8-5-15/h2-13H,14H2,1H3,(H,25,26). The maximum Gasteiger partial charge on any atom is 0.272 e. The Morgan fingerprint density at radius 2 is 2.00 bits per heavy atom. The average molecular weight is 440 g/mol. The molecule has 0 radical (unpaired) electrons. The molecule has 2 aromatic carbocycles. The van der Waals surface area contributed by atoms with Gasteiger partial charge >= 0.3 is 0 Å². The van der Waals surface area contributed by atoms with Crippen LogP contribution in [0.15, 0.2) is 76.6 Å². The van der Waals surface area contributed by atoms with Crippen molar-refractivity contribution in [1.29, 1.82) is 0 Å². The normalized spacial score (nSPS) is 10.6. The van der Waals surface area contributed by atoms with Crippen LogP contribution in [0.4, 0.5) is 0 Å². The molecule has 3 rings (SSSR count). The number of hydrogen-bond donors (Lipinski definition) is 1. The van der Waals surface area contributed by atoms with E-state index in [1.807, 2.05) is 36.4 Å². The summed E-state index contributed by atoms with van der Waals surface area (Å²) in [5, 5.41) is 3.97. The van der Waals surface area contributed by atoms with Gasteiger partial charge in [-0.05, 0) is 53.6 Å². The fraction of sp³-hybridized carbons (Fsp3) is 0.0952. The second kappa shape index (κ2) is 9.66. The molecule has 0 unspecified atom stereocenters. The van der Waals surface area contributed by atoms with Gasteiger partial charge in [0, 0.05) is 16.9 Å². The number of benzene rings is 2. The highest BCUT2D eigenvalue weighted by Crippen LogP contribution is 2.28. The van der Waals surface area contributed by atoms with Crippen molar-refractivity contribution in [3.05, 3.63) is 88.2 Å². The molecule has 1 aromatic heterocycles. The highest BCUT2D eigenvalue weighted by atomic mass is 79.9. The molecule has 6 nitrogen and oxygen atoms in total. The molecule has 0 saturated carbocycles. The lowest BCUT2D eigenvalue weighted by atomic mass is 10.2. The highest BCUT2D eigenvalue weighted by molar-refractivity contribution is 9.10. The number of carbonyl (C=O) groups excluding carboxylic acids is 1. The minimum atomic E-state index is -0.328. The van der Waals surface area contributed by atoms with Gasteiger partial charge in [-0.2, -0.15) is 5.10 Å². The van der Waals surface area contributed by atoms with E-state index in [2.05, 4.69) is 31.4 Å². The Bertz CT molecular complexity index is 960. The molecule has 1 N–H and O–H groups in total. The summed E-state index contributed by atoms with van der Waals surface area (Å²) in [4.78, 5) is 15.8. The van der Waals surface area contributed by atoms with E-state index in [9.17, 15) is 4.79 Å². The topological polar surface area (TPSA) is 72.8 Å². The molecule has 28 heavy (non-hydrogen) atoms. The van der Waals surface area contributed by atoms with Gasteiger partial charge in [0.25, 0.3) is 5.91 Å². The van der Waals surface area contributed by atoms with Crippen molar-refractivity contribution in [3.63, 3.8) is 0 Å². The Kier molecular flexibility index (Phi) is 6.75. The predicted molar refractivity (Wildman–Crippen MR) is 111 cm³/mol. The van der Waals surface area contributed by atoms with Crippen molar-refractivity contribution in [2.24, 2.45) is 5.10 Å². The van der Waals surface area contributed by atoms with E-state index >= 15 is 0 Å². The molecule has 0 atom stereocenters. The summed E-state index contributed by atoms with van der Waals surface area (Å²) < 4.78 is 12.3. The molecule has 0 spiro atoms. The number of methoxy groups -OCH3 is 1. The van der Waals surface area contributed by atoms with Crippen molar-refractivity contribution in [2.45, 2.75) is 6.61 Å². The molecule has 1 amide bonds. The van der Waals surface area contributed by atoms with Crippen LogP contribution in [-0.4, -0.2) is 24.2 Å². The van der Waals surface area contributed by atoms with E-state index in [-0.39, 0.29) is 5.91 Å². The maximum absolute atomic E-state index is 11.9. The number of rotatable bonds is 7. The predicted octanol–water partition coefficient (Wildman–Crippen LogP) is 4.20. The van der Waals surface area contributed by atoms with Gasteiger partial charge in [-0.25, -0.2) is 5.43 Å². The zero-order chi connectivity index (χ0) is 19.8. The monoisotopic (exact) mass is 439 g/mol. The highest BCUT2D eigenvalue weighted by Gasteiger charge is 2.06. The number of aromatic nitrogens is 1. The molecule has 0 aliphatic heterocycles.